The van der Waals surface area contributed by atoms with Gasteiger partial charge in [-0.25, -0.2) is 0 Å². The molecule has 4 heteroatoms. The zero-order chi connectivity index (χ0) is 10.2. The Labute approximate surface area is 83.2 Å². The van der Waals surface area contributed by atoms with Crippen molar-refractivity contribution in [3.8, 4) is 11.5 Å². The minimum atomic E-state index is 0.475. The van der Waals surface area contributed by atoms with Crippen molar-refractivity contribution in [2.45, 2.75) is 13.8 Å². The van der Waals surface area contributed by atoms with Crippen LogP contribution < -0.4 is 9.78 Å². The van der Waals surface area contributed by atoms with Crippen molar-refractivity contribution in [2.75, 3.05) is 13.2 Å². The van der Waals surface area contributed by atoms with Gasteiger partial charge in [0.05, 0.1) is 13.2 Å². The topological polar surface area (TPSA) is 36.9 Å². The summed E-state index contributed by atoms with van der Waals surface area (Å²) in [5.41, 5.74) is 0. The minimum absolute atomic E-state index is 0.475. The summed E-state index contributed by atoms with van der Waals surface area (Å²) < 4.78 is 0. The van der Waals surface area contributed by atoms with Gasteiger partial charge in [-0.15, -0.1) is 0 Å². The molecule has 78 valence electrons. The molecule has 4 nitrogen and oxygen atoms in total. The van der Waals surface area contributed by atoms with E-state index in [1.54, 1.807) is 12.1 Å². The molecule has 0 aliphatic carbocycles. The number of benzene rings is 1. The molecule has 0 spiro atoms. The van der Waals surface area contributed by atoms with E-state index in [1.165, 1.54) is 0 Å². The first-order valence-electron chi connectivity index (χ1n) is 4.56. The van der Waals surface area contributed by atoms with Gasteiger partial charge in [-0.2, -0.15) is 9.78 Å². The summed E-state index contributed by atoms with van der Waals surface area (Å²) in [6, 6.07) is 7.13. The van der Waals surface area contributed by atoms with E-state index in [0.29, 0.717) is 24.7 Å². The van der Waals surface area contributed by atoms with Crippen molar-refractivity contribution in [2.24, 2.45) is 0 Å². The fourth-order valence-electron chi connectivity index (χ4n) is 0.833. The van der Waals surface area contributed by atoms with Gasteiger partial charge in [-0.1, -0.05) is 12.1 Å². The molecule has 0 heterocycles. The van der Waals surface area contributed by atoms with E-state index < -0.39 is 0 Å². The summed E-state index contributed by atoms with van der Waals surface area (Å²) in [4.78, 5) is 19.6. The minimum Gasteiger partial charge on any atom is -0.333 e. The van der Waals surface area contributed by atoms with E-state index >= 15 is 0 Å². The lowest BCUT2D eigenvalue weighted by Crippen LogP contribution is -2.01. The van der Waals surface area contributed by atoms with Crippen molar-refractivity contribution >= 4 is 0 Å². The Bertz CT molecular complexity index is 235. The molecule has 14 heavy (non-hydrogen) atoms. The van der Waals surface area contributed by atoms with Crippen molar-refractivity contribution in [1.29, 1.82) is 0 Å². The average Bonchev–Trinajstić information content (AvgIpc) is 2.24. The molecule has 0 aliphatic rings. The van der Waals surface area contributed by atoms with Crippen LogP contribution >= 0.6 is 0 Å². The maximum absolute atomic E-state index is 4.98. The standard InChI is InChI=1S/C10H14O4/c1-3-11-13-9-7-5-6-8-10(9)14-12-4-2/h5-8H,3-4H2,1-2H3. The fraction of sp³-hybridized carbons (Fsp3) is 0.400. The zero-order valence-electron chi connectivity index (χ0n) is 8.36. The van der Waals surface area contributed by atoms with Crippen LogP contribution in [0.3, 0.4) is 0 Å². The van der Waals surface area contributed by atoms with Crippen LogP contribution in [0.2, 0.25) is 0 Å². The smallest absolute Gasteiger partial charge is 0.211 e. The maximum atomic E-state index is 4.98. The van der Waals surface area contributed by atoms with Crippen molar-refractivity contribution in [3.05, 3.63) is 24.3 Å². The van der Waals surface area contributed by atoms with Crippen LogP contribution in [-0.2, 0) is 9.78 Å². The Morgan fingerprint density at radius 3 is 1.64 bits per heavy atom. The van der Waals surface area contributed by atoms with E-state index in [1.807, 2.05) is 26.0 Å². The van der Waals surface area contributed by atoms with E-state index in [9.17, 15) is 0 Å². The molecule has 0 saturated carbocycles. The van der Waals surface area contributed by atoms with Crippen LogP contribution in [0.4, 0.5) is 0 Å². The second kappa shape index (κ2) is 6.23. The highest BCUT2D eigenvalue weighted by Gasteiger charge is 2.05. The summed E-state index contributed by atoms with van der Waals surface area (Å²) in [6.45, 7) is 4.63. The maximum Gasteiger partial charge on any atom is 0.211 e. The predicted molar refractivity (Wildman–Crippen MR) is 51.0 cm³/mol. The monoisotopic (exact) mass is 198 g/mol. The normalized spacial score (nSPS) is 9.86. The Kier molecular flexibility index (Phi) is 4.82. The SMILES string of the molecule is CCOOc1ccccc1OOCC. The largest absolute Gasteiger partial charge is 0.333 e. The lowest BCUT2D eigenvalue weighted by Gasteiger charge is -2.08. The molecular weight excluding hydrogens is 184 g/mol. The number of rotatable bonds is 6. The molecule has 1 rings (SSSR count). The Hall–Kier alpha value is -1.26. The predicted octanol–water partition coefficient (Wildman–Crippen LogP) is 2.35. The molecule has 0 bridgehead atoms. The van der Waals surface area contributed by atoms with Gasteiger partial charge in [0.25, 0.3) is 0 Å². The molecule has 0 radical (unpaired) electrons. The summed E-state index contributed by atoms with van der Waals surface area (Å²) in [7, 11) is 0. The van der Waals surface area contributed by atoms with Crippen molar-refractivity contribution < 1.29 is 19.6 Å². The molecule has 1 aromatic rings. The van der Waals surface area contributed by atoms with Gasteiger partial charge in [-0.05, 0) is 26.0 Å². The van der Waals surface area contributed by atoms with Gasteiger partial charge in [0.2, 0.25) is 11.5 Å². The van der Waals surface area contributed by atoms with Gasteiger partial charge in [0.15, 0.2) is 0 Å². The number of hydrogen-bond acceptors (Lipinski definition) is 4. The zero-order valence-corrected chi connectivity index (χ0v) is 8.36. The number of hydrogen-bond donors (Lipinski definition) is 0. The van der Waals surface area contributed by atoms with Crippen LogP contribution in [0.15, 0.2) is 24.3 Å². The Morgan fingerprint density at radius 1 is 0.857 bits per heavy atom. The summed E-state index contributed by atoms with van der Waals surface area (Å²) in [6.07, 6.45) is 0. The lowest BCUT2D eigenvalue weighted by atomic mass is 10.3. The summed E-state index contributed by atoms with van der Waals surface area (Å²) >= 11 is 0. The first-order valence-corrected chi connectivity index (χ1v) is 4.56. The van der Waals surface area contributed by atoms with Gasteiger partial charge >= 0.3 is 0 Å². The molecule has 0 atom stereocenters. The molecule has 1 aromatic carbocycles. The molecule has 0 amide bonds. The first kappa shape index (κ1) is 10.8. The summed E-state index contributed by atoms with van der Waals surface area (Å²) in [5.74, 6) is 1.01. The second-order valence-corrected chi connectivity index (χ2v) is 2.43. The van der Waals surface area contributed by atoms with E-state index in [4.69, 9.17) is 19.6 Å². The third-order valence-electron chi connectivity index (χ3n) is 1.38. The van der Waals surface area contributed by atoms with Crippen molar-refractivity contribution in [1.82, 2.24) is 0 Å². The molecule has 0 aliphatic heterocycles. The Morgan fingerprint density at radius 2 is 1.29 bits per heavy atom. The third kappa shape index (κ3) is 3.24. The molecule has 0 N–H and O–H groups in total. The molecular formula is C10H14O4. The number of para-hydroxylation sites is 2. The van der Waals surface area contributed by atoms with Crippen LogP contribution in [0, 0.1) is 0 Å². The highest BCUT2D eigenvalue weighted by atomic mass is 17.2. The molecule has 0 aromatic heterocycles. The Balaban J connectivity index is 2.60. The molecule has 0 fully saturated rings. The third-order valence-corrected chi connectivity index (χ3v) is 1.38. The van der Waals surface area contributed by atoms with E-state index in [2.05, 4.69) is 0 Å². The van der Waals surface area contributed by atoms with Gasteiger partial charge in [0, 0.05) is 0 Å². The molecule has 0 unspecified atom stereocenters. The average molecular weight is 198 g/mol. The van der Waals surface area contributed by atoms with E-state index in [-0.39, 0.29) is 0 Å². The van der Waals surface area contributed by atoms with Gasteiger partial charge in [0.1, 0.15) is 0 Å². The van der Waals surface area contributed by atoms with Crippen LogP contribution in [0.5, 0.6) is 11.5 Å². The lowest BCUT2D eigenvalue weighted by molar-refractivity contribution is -0.224. The highest BCUT2D eigenvalue weighted by Crippen LogP contribution is 2.26. The van der Waals surface area contributed by atoms with Gasteiger partial charge in [-0.3, -0.25) is 0 Å². The van der Waals surface area contributed by atoms with Gasteiger partial charge < -0.3 is 9.78 Å². The summed E-state index contributed by atoms with van der Waals surface area (Å²) in [5, 5.41) is 0. The van der Waals surface area contributed by atoms with Crippen LogP contribution in [-0.4, -0.2) is 13.2 Å². The van der Waals surface area contributed by atoms with Crippen molar-refractivity contribution in [3.63, 3.8) is 0 Å². The van der Waals surface area contributed by atoms with Crippen LogP contribution in [0.1, 0.15) is 13.8 Å². The fourth-order valence-corrected chi connectivity index (χ4v) is 0.833. The second-order valence-electron chi connectivity index (χ2n) is 2.43. The highest BCUT2D eigenvalue weighted by molar-refractivity contribution is 5.38. The molecule has 0 saturated heterocycles. The van der Waals surface area contributed by atoms with Crippen LogP contribution in [0.25, 0.3) is 0 Å². The quantitative estimate of drug-likeness (QED) is 0.519. The van der Waals surface area contributed by atoms with E-state index in [0.717, 1.165) is 0 Å². The first-order chi connectivity index (χ1) is 6.88.